The van der Waals surface area contributed by atoms with Crippen LogP contribution in [-0.2, 0) is 0 Å². The first-order valence-electron chi connectivity index (χ1n) is 6.23. The Balaban J connectivity index is 2.28. The lowest BCUT2D eigenvalue weighted by molar-refractivity contribution is 0.111. The highest BCUT2D eigenvalue weighted by Crippen LogP contribution is 2.31. The van der Waals surface area contributed by atoms with Gasteiger partial charge in [0.2, 0.25) is 0 Å². The number of aldehydes is 1. The van der Waals surface area contributed by atoms with Crippen LogP contribution in [0.5, 0.6) is 5.75 Å². The Morgan fingerprint density at radius 1 is 1.35 bits per heavy atom. The standard InChI is InChI=1S/C15H14N2O2S/c1-9-10(2)20-15-16-14(13(8-18)17(9)15)11-5-4-6-12(7-11)19-3/h4-8H,1-3H3. The second-order valence-corrected chi connectivity index (χ2v) is 5.74. The predicted octanol–water partition coefficient (Wildman–Crippen LogP) is 3.50. The topological polar surface area (TPSA) is 43.6 Å². The van der Waals surface area contributed by atoms with E-state index in [9.17, 15) is 4.79 Å². The number of benzene rings is 1. The van der Waals surface area contributed by atoms with E-state index in [0.29, 0.717) is 11.4 Å². The summed E-state index contributed by atoms with van der Waals surface area (Å²) in [4.78, 5) is 18.1. The van der Waals surface area contributed by atoms with Crippen LogP contribution in [0.4, 0.5) is 0 Å². The molecule has 0 unspecified atom stereocenters. The highest BCUT2D eigenvalue weighted by Gasteiger charge is 2.18. The first-order chi connectivity index (χ1) is 9.65. The number of carbonyl (C=O) groups excluding carboxylic acids is 1. The summed E-state index contributed by atoms with van der Waals surface area (Å²) < 4.78 is 7.15. The van der Waals surface area contributed by atoms with Crippen LogP contribution in [0, 0.1) is 13.8 Å². The van der Waals surface area contributed by atoms with Crippen molar-refractivity contribution in [2.45, 2.75) is 13.8 Å². The van der Waals surface area contributed by atoms with E-state index in [1.807, 2.05) is 42.5 Å². The normalized spacial score (nSPS) is 10.9. The van der Waals surface area contributed by atoms with Crippen molar-refractivity contribution < 1.29 is 9.53 Å². The zero-order valence-electron chi connectivity index (χ0n) is 11.5. The van der Waals surface area contributed by atoms with Gasteiger partial charge in [-0.2, -0.15) is 0 Å². The highest BCUT2D eigenvalue weighted by molar-refractivity contribution is 7.17. The van der Waals surface area contributed by atoms with Crippen LogP contribution < -0.4 is 4.74 Å². The fourth-order valence-corrected chi connectivity index (χ4v) is 3.24. The molecule has 0 fully saturated rings. The van der Waals surface area contributed by atoms with Crippen LogP contribution in [0.15, 0.2) is 24.3 Å². The van der Waals surface area contributed by atoms with Gasteiger partial charge in [0.05, 0.1) is 7.11 Å². The molecule has 4 nitrogen and oxygen atoms in total. The lowest BCUT2D eigenvalue weighted by Gasteiger charge is -2.03. The monoisotopic (exact) mass is 286 g/mol. The number of nitrogens with zero attached hydrogens (tertiary/aromatic N) is 2. The maximum atomic E-state index is 11.5. The Labute approximate surface area is 120 Å². The fraction of sp³-hybridized carbons (Fsp3) is 0.200. The van der Waals surface area contributed by atoms with Crippen molar-refractivity contribution in [2.75, 3.05) is 7.11 Å². The number of aromatic nitrogens is 2. The number of aryl methyl sites for hydroxylation is 2. The molecule has 0 amide bonds. The molecular weight excluding hydrogens is 272 g/mol. The van der Waals surface area contributed by atoms with Crippen LogP contribution in [0.3, 0.4) is 0 Å². The van der Waals surface area contributed by atoms with E-state index in [0.717, 1.165) is 28.3 Å². The van der Waals surface area contributed by atoms with Gasteiger partial charge in [0.15, 0.2) is 11.2 Å². The van der Waals surface area contributed by atoms with Crippen molar-refractivity contribution in [1.82, 2.24) is 9.38 Å². The second kappa shape index (κ2) is 4.76. The SMILES string of the molecule is COc1cccc(-c2nc3sc(C)c(C)n3c2C=O)c1. The molecule has 2 heterocycles. The van der Waals surface area contributed by atoms with Crippen LogP contribution >= 0.6 is 11.3 Å². The van der Waals surface area contributed by atoms with Crippen molar-refractivity contribution in [3.05, 3.63) is 40.5 Å². The van der Waals surface area contributed by atoms with Gasteiger partial charge >= 0.3 is 0 Å². The van der Waals surface area contributed by atoms with E-state index in [2.05, 4.69) is 4.98 Å². The average Bonchev–Trinajstić information content (AvgIpc) is 2.96. The molecule has 102 valence electrons. The lowest BCUT2D eigenvalue weighted by Crippen LogP contribution is -1.94. The number of fused-ring (bicyclic) bond motifs is 1. The Kier molecular flexibility index (Phi) is 3.06. The number of thiazole rings is 1. The summed E-state index contributed by atoms with van der Waals surface area (Å²) in [7, 11) is 1.62. The summed E-state index contributed by atoms with van der Waals surface area (Å²) in [6.07, 6.45) is 0.869. The number of hydrogen-bond acceptors (Lipinski definition) is 4. The van der Waals surface area contributed by atoms with Crippen molar-refractivity contribution in [2.24, 2.45) is 0 Å². The van der Waals surface area contributed by atoms with Gasteiger partial charge in [-0.1, -0.05) is 12.1 Å². The molecule has 0 N–H and O–H groups in total. The Bertz CT molecular complexity index is 802. The minimum atomic E-state index is 0.593. The molecule has 1 aromatic carbocycles. The molecule has 0 atom stereocenters. The molecule has 2 aromatic heterocycles. The van der Waals surface area contributed by atoms with Crippen LogP contribution in [-0.4, -0.2) is 22.8 Å². The molecule has 0 bridgehead atoms. The van der Waals surface area contributed by atoms with Crippen molar-refractivity contribution in [1.29, 1.82) is 0 Å². The number of methoxy groups -OCH3 is 1. The summed E-state index contributed by atoms with van der Waals surface area (Å²) in [5, 5.41) is 0. The van der Waals surface area contributed by atoms with Gasteiger partial charge in [-0.25, -0.2) is 4.98 Å². The van der Waals surface area contributed by atoms with Gasteiger partial charge in [-0.05, 0) is 26.0 Å². The summed E-state index contributed by atoms with van der Waals surface area (Å²) in [6, 6.07) is 7.60. The largest absolute Gasteiger partial charge is 0.497 e. The van der Waals surface area contributed by atoms with E-state index in [1.165, 1.54) is 4.88 Å². The van der Waals surface area contributed by atoms with Crippen molar-refractivity contribution in [3.8, 4) is 17.0 Å². The molecule has 3 aromatic rings. The highest BCUT2D eigenvalue weighted by atomic mass is 32.1. The molecule has 3 rings (SSSR count). The third kappa shape index (κ3) is 1.82. The van der Waals surface area contributed by atoms with Crippen molar-refractivity contribution >= 4 is 22.6 Å². The van der Waals surface area contributed by atoms with Gasteiger partial charge in [-0.15, -0.1) is 11.3 Å². The van der Waals surface area contributed by atoms with Gasteiger partial charge in [0.25, 0.3) is 0 Å². The van der Waals surface area contributed by atoms with Crippen LogP contribution in [0.1, 0.15) is 21.1 Å². The smallest absolute Gasteiger partial charge is 0.195 e. The predicted molar refractivity (Wildman–Crippen MR) is 79.9 cm³/mol. The molecule has 0 aliphatic rings. The molecule has 20 heavy (non-hydrogen) atoms. The van der Waals surface area contributed by atoms with Gasteiger partial charge in [0, 0.05) is 16.1 Å². The first kappa shape index (κ1) is 12.9. The van der Waals surface area contributed by atoms with E-state index >= 15 is 0 Å². The van der Waals surface area contributed by atoms with E-state index in [4.69, 9.17) is 4.74 Å². The fourth-order valence-electron chi connectivity index (χ4n) is 2.26. The number of rotatable bonds is 3. The molecule has 0 spiro atoms. The molecule has 0 radical (unpaired) electrons. The summed E-state index contributed by atoms with van der Waals surface area (Å²) in [6.45, 7) is 4.04. The van der Waals surface area contributed by atoms with E-state index < -0.39 is 0 Å². The molecule has 0 saturated carbocycles. The minimum absolute atomic E-state index is 0.593. The number of ether oxygens (including phenoxy) is 1. The van der Waals surface area contributed by atoms with Crippen LogP contribution in [0.25, 0.3) is 16.2 Å². The number of carbonyl (C=O) groups is 1. The summed E-state index contributed by atoms with van der Waals surface area (Å²) in [5.41, 5.74) is 3.25. The molecule has 5 heteroatoms. The molecular formula is C15H14N2O2S. The first-order valence-corrected chi connectivity index (χ1v) is 7.05. The Hall–Kier alpha value is -2.14. The molecule has 0 aliphatic heterocycles. The summed E-state index contributed by atoms with van der Waals surface area (Å²) in [5.74, 6) is 0.753. The van der Waals surface area contributed by atoms with Gasteiger partial charge in [0.1, 0.15) is 17.1 Å². The van der Waals surface area contributed by atoms with Crippen molar-refractivity contribution in [3.63, 3.8) is 0 Å². The minimum Gasteiger partial charge on any atom is -0.497 e. The van der Waals surface area contributed by atoms with E-state index in [-0.39, 0.29) is 0 Å². The second-order valence-electron chi connectivity index (χ2n) is 4.56. The Morgan fingerprint density at radius 3 is 2.85 bits per heavy atom. The maximum absolute atomic E-state index is 11.5. The van der Waals surface area contributed by atoms with Crippen LogP contribution in [0.2, 0.25) is 0 Å². The zero-order chi connectivity index (χ0) is 14.3. The quantitative estimate of drug-likeness (QED) is 0.692. The number of imidazole rings is 1. The Morgan fingerprint density at radius 2 is 2.15 bits per heavy atom. The summed E-state index contributed by atoms with van der Waals surface area (Å²) >= 11 is 1.60. The lowest BCUT2D eigenvalue weighted by atomic mass is 10.1. The number of hydrogen-bond donors (Lipinski definition) is 0. The average molecular weight is 286 g/mol. The zero-order valence-corrected chi connectivity index (χ0v) is 12.3. The van der Waals surface area contributed by atoms with Gasteiger partial charge in [-0.3, -0.25) is 9.20 Å². The third-order valence-electron chi connectivity index (χ3n) is 3.43. The molecule has 0 aliphatic carbocycles. The maximum Gasteiger partial charge on any atom is 0.195 e. The third-order valence-corrected chi connectivity index (χ3v) is 4.48. The van der Waals surface area contributed by atoms with Gasteiger partial charge < -0.3 is 4.74 Å². The molecule has 0 saturated heterocycles. The van der Waals surface area contributed by atoms with E-state index in [1.54, 1.807) is 18.4 Å².